The first-order valence-electron chi connectivity index (χ1n) is 22.8. The maximum absolute atomic E-state index is 2.46. The summed E-state index contributed by atoms with van der Waals surface area (Å²) < 4.78 is 0. The maximum Gasteiger partial charge on any atom is 0.0503 e. The molecule has 3 heteroatoms. The molecule has 0 saturated heterocycles. The van der Waals surface area contributed by atoms with Gasteiger partial charge in [-0.2, -0.15) is 0 Å². The molecular formula is C62H53N3. The van der Waals surface area contributed by atoms with Crippen LogP contribution in [0.4, 0.5) is 51.2 Å². The first-order chi connectivity index (χ1) is 31.6. The van der Waals surface area contributed by atoms with E-state index < -0.39 is 0 Å². The predicted molar refractivity (Wildman–Crippen MR) is 275 cm³/mol. The van der Waals surface area contributed by atoms with Gasteiger partial charge < -0.3 is 14.7 Å². The highest BCUT2D eigenvalue weighted by atomic mass is 15.2. The summed E-state index contributed by atoms with van der Waals surface area (Å²) in [5, 5.41) is 0. The molecule has 2 aliphatic rings. The second-order valence-electron chi connectivity index (χ2n) is 18.9. The quantitative estimate of drug-likeness (QED) is 0.143. The number of para-hydroxylation sites is 2. The topological polar surface area (TPSA) is 9.72 Å². The minimum absolute atomic E-state index is 0.159. The zero-order valence-corrected chi connectivity index (χ0v) is 38.0. The Morgan fingerprint density at radius 2 is 0.569 bits per heavy atom. The normalized spacial score (nSPS) is 13.6. The Kier molecular flexibility index (Phi) is 9.62. The molecule has 2 aliphatic carbocycles. The summed E-state index contributed by atoms with van der Waals surface area (Å²) in [5.41, 5.74) is 22.5. The summed E-state index contributed by atoms with van der Waals surface area (Å²) >= 11 is 0. The Hall–Kier alpha value is -7.62. The van der Waals surface area contributed by atoms with Crippen molar-refractivity contribution in [3.8, 4) is 22.3 Å². The molecule has 0 atom stereocenters. The second-order valence-corrected chi connectivity index (χ2v) is 18.9. The largest absolute Gasteiger partial charge is 0.310 e. The van der Waals surface area contributed by atoms with Gasteiger partial charge in [-0.1, -0.05) is 149 Å². The lowest BCUT2D eigenvalue weighted by molar-refractivity contribution is 0.660. The maximum atomic E-state index is 2.46. The first-order valence-corrected chi connectivity index (χ1v) is 22.8. The van der Waals surface area contributed by atoms with Gasteiger partial charge in [-0.25, -0.2) is 0 Å². The van der Waals surface area contributed by atoms with Crippen LogP contribution in [-0.2, 0) is 10.8 Å². The zero-order valence-electron chi connectivity index (χ0n) is 38.0. The summed E-state index contributed by atoms with van der Waals surface area (Å²) in [6.45, 7) is 13.8. The van der Waals surface area contributed by atoms with Crippen LogP contribution in [0.3, 0.4) is 0 Å². The third-order valence-electron chi connectivity index (χ3n) is 13.9. The number of nitrogens with zero attached hydrogens (tertiary/aromatic N) is 3. The van der Waals surface area contributed by atoms with E-state index in [4.69, 9.17) is 0 Å². The van der Waals surface area contributed by atoms with Crippen molar-refractivity contribution in [3.63, 3.8) is 0 Å². The van der Waals surface area contributed by atoms with Gasteiger partial charge in [0.15, 0.2) is 0 Å². The van der Waals surface area contributed by atoms with Gasteiger partial charge in [0, 0.05) is 45.0 Å². The molecule has 0 amide bonds. The number of hydrogen-bond acceptors (Lipinski definition) is 3. The SMILES string of the molecule is Cc1cccc(N(c2cc(N(c3ccccc3)c3ccccc3)cc(N(c3cccc(C)c3)c3ccc4c(c3)C(C)(C)c3ccccc3-4)c2)c2ccc3c(c2)C(C)(C)c2ccccc2-3)c1. The van der Waals surface area contributed by atoms with Crippen molar-refractivity contribution in [2.24, 2.45) is 0 Å². The fourth-order valence-corrected chi connectivity index (χ4v) is 10.7. The van der Waals surface area contributed by atoms with Gasteiger partial charge in [0.25, 0.3) is 0 Å². The first kappa shape index (κ1) is 40.2. The molecule has 0 heterocycles. The Labute approximate surface area is 384 Å². The van der Waals surface area contributed by atoms with Crippen molar-refractivity contribution in [3.05, 3.63) is 246 Å². The average Bonchev–Trinajstić information content (AvgIpc) is 3.69. The highest BCUT2D eigenvalue weighted by Gasteiger charge is 2.37. The Morgan fingerprint density at radius 1 is 0.246 bits per heavy atom. The third-order valence-corrected chi connectivity index (χ3v) is 13.9. The van der Waals surface area contributed by atoms with Gasteiger partial charge in [0.2, 0.25) is 0 Å². The van der Waals surface area contributed by atoms with Gasteiger partial charge in [0.05, 0.1) is 17.1 Å². The van der Waals surface area contributed by atoms with E-state index in [9.17, 15) is 0 Å². The molecule has 0 bridgehead atoms. The lowest BCUT2D eigenvalue weighted by atomic mass is 9.82. The van der Waals surface area contributed by atoms with Gasteiger partial charge in [-0.3, -0.25) is 0 Å². The van der Waals surface area contributed by atoms with Crippen LogP contribution in [0.2, 0.25) is 0 Å². The minimum atomic E-state index is -0.159. The third kappa shape index (κ3) is 6.82. The molecular weight excluding hydrogens is 787 g/mol. The minimum Gasteiger partial charge on any atom is -0.310 e. The van der Waals surface area contributed by atoms with Gasteiger partial charge in [-0.05, 0) is 160 Å². The molecule has 9 aromatic carbocycles. The van der Waals surface area contributed by atoms with E-state index in [1.807, 2.05) is 0 Å². The monoisotopic (exact) mass is 839 g/mol. The van der Waals surface area contributed by atoms with Crippen LogP contribution in [-0.4, -0.2) is 0 Å². The fourth-order valence-electron chi connectivity index (χ4n) is 10.7. The lowest BCUT2D eigenvalue weighted by Gasteiger charge is -2.34. The van der Waals surface area contributed by atoms with Gasteiger partial charge in [-0.15, -0.1) is 0 Å². The molecule has 9 aromatic rings. The number of anilines is 9. The molecule has 11 rings (SSSR count). The van der Waals surface area contributed by atoms with E-state index in [2.05, 4.69) is 269 Å². The highest BCUT2D eigenvalue weighted by molar-refractivity contribution is 5.92. The Morgan fingerprint density at radius 3 is 0.969 bits per heavy atom. The molecule has 3 nitrogen and oxygen atoms in total. The molecule has 0 radical (unpaired) electrons. The van der Waals surface area contributed by atoms with Crippen LogP contribution < -0.4 is 14.7 Å². The van der Waals surface area contributed by atoms with Crippen LogP contribution in [0.15, 0.2) is 212 Å². The van der Waals surface area contributed by atoms with Crippen LogP contribution in [0.5, 0.6) is 0 Å². The summed E-state index contributed by atoms with van der Waals surface area (Å²) in [5.74, 6) is 0. The van der Waals surface area contributed by atoms with Gasteiger partial charge in [0.1, 0.15) is 0 Å². The van der Waals surface area contributed by atoms with E-state index in [0.29, 0.717) is 0 Å². The van der Waals surface area contributed by atoms with Crippen molar-refractivity contribution in [1.82, 2.24) is 0 Å². The van der Waals surface area contributed by atoms with E-state index in [1.54, 1.807) is 0 Å². The van der Waals surface area contributed by atoms with E-state index in [1.165, 1.54) is 55.6 Å². The van der Waals surface area contributed by atoms with Crippen molar-refractivity contribution in [1.29, 1.82) is 0 Å². The van der Waals surface area contributed by atoms with Crippen LogP contribution in [0.1, 0.15) is 61.1 Å². The molecule has 0 N–H and O–H groups in total. The molecule has 316 valence electrons. The number of hydrogen-bond donors (Lipinski definition) is 0. The van der Waals surface area contributed by atoms with Gasteiger partial charge >= 0.3 is 0 Å². The number of benzene rings is 9. The smallest absolute Gasteiger partial charge is 0.0503 e. The zero-order chi connectivity index (χ0) is 44.5. The number of rotatable bonds is 9. The van der Waals surface area contributed by atoms with Crippen molar-refractivity contribution in [2.75, 3.05) is 14.7 Å². The molecule has 0 aromatic heterocycles. The van der Waals surface area contributed by atoms with E-state index in [0.717, 1.165) is 51.2 Å². The Bertz CT molecular complexity index is 3040. The van der Waals surface area contributed by atoms with Crippen molar-refractivity contribution < 1.29 is 0 Å². The summed E-state index contributed by atoms with van der Waals surface area (Å²) in [6, 6.07) is 78.5. The fraction of sp³-hybridized carbons (Fsp3) is 0.129. The molecule has 0 unspecified atom stereocenters. The second kappa shape index (κ2) is 15.6. The molecule has 0 saturated carbocycles. The summed E-state index contributed by atoms with van der Waals surface area (Å²) in [7, 11) is 0. The van der Waals surface area contributed by atoms with Crippen molar-refractivity contribution >= 4 is 51.2 Å². The summed E-state index contributed by atoms with van der Waals surface area (Å²) in [6.07, 6.45) is 0. The number of aryl methyl sites for hydroxylation is 2. The van der Waals surface area contributed by atoms with Crippen LogP contribution >= 0.6 is 0 Å². The van der Waals surface area contributed by atoms with Crippen LogP contribution in [0, 0.1) is 13.8 Å². The van der Waals surface area contributed by atoms with Crippen LogP contribution in [0.25, 0.3) is 22.3 Å². The molecule has 0 aliphatic heterocycles. The summed E-state index contributed by atoms with van der Waals surface area (Å²) in [4.78, 5) is 7.31. The molecule has 0 spiro atoms. The Balaban J connectivity index is 1.19. The average molecular weight is 840 g/mol. The van der Waals surface area contributed by atoms with E-state index >= 15 is 0 Å². The molecule has 65 heavy (non-hydrogen) atoms. The standard InChI is InChI=1S/C62H53N3/c1-42-19-17-25-46(35-42)64(48-31-33-55-53-27-13-15-29-57(53)61(3,4)59(55)40-48)51-37-50(63(44-21-9-7-10-22-44)45-23-11-8-12-24-45)38-52(39-51)65(47-26-18-20-43(2)36-47)49-32-34-56-54-28-14-16-30-58(54)62(5,6)60(56)41-49/h7-41H,1-6H3. The molecule has 0 fully saturated rings. The lowest BCUT2D eigenvalue weighted by Crippen LogP contribution is -2.18. The van der Waals surface area contributed by atoms with Crippen molar-refractivity contribution in [2.45, 2.75) is 52.4 Å². The predicted octanol–water partition coefficient (Wildman–Crippen LogP) is 17.3. The highest BCUT2D eigenvalue weighted by Crippen LogP contribution is 2.54. The van der Waals surface area contributed by atoms with E-state index in [-0.39, 0.29) is 10.8 Å². The number of fused-ring (bicyclic) bond motifs is 6.